The van der Waals surface area contributed by atoms with Gasteiger partial charge in [-0.15, -0.1) is 11.8 Å². The molecule has 2 aliphatic rings. The molecule has 1 fully saturated rings. The van der Waals surface area contributed by atoms with Crippen molar-refractivity contribution < 1.29 is 19.1 Å². The first-order valence-electron chi connectivity index (χ1n) is 9.60. The Hall–Kier alpha value is -2.15. The molecule has 0 unspecified atom stereocenters. The van der Waals surface area contributed by atoms with Gasteiger partial charge in [-0.05, 0) is 45.7 Å². The number of nitrogens with one attached hydrogen (secondary N) is 1. The van der Waals surface area contributed by atoms with E-state index in [4.69, 9.17) is 9.47 Å². The van der Waals surface area contributed by atoms with E-state index in [0.717, 1.165) is 12.8 Å². The van der Waals surface area contributed by atoms with Gasteiger partial charge < -0.3 is 14.8 Å². The summed E-state index contributed by atoms with van der Waals surface area (Å²) in [5.74, 6) is 0.901. The number of nitrogens with zero attached hydrogens (tertiary/aromatic N) is 1. The normalized spacial score (nSPS) is 18.3. The van der Waals surface area contributed by atoms with Crippen LogP contribution in [-0.2, 0) is 14.3 Å². The van der Waals surface area contributed by atoms with Gasteiger partial charge in [0.25, 0.3) is 5.91 Å². The fourth-order valence-electron chi connectivity index (χ4n) is 3.39. The maximum Gasteiger partial charge on any atom is 0.267 e. The van der Waals surface area contributed by atoms with Crippen LogP contribution in [0.15, 0.2) is 34.9 Å². The van der Waals surface area contributed by atoms with Crippen LogP contribution in [0.5, 0.6) is 5.75 Å². The number of thioether (sulfide) groups is 1. The summed E-state index contributed by atoms with van der Waals surface area (Å²) in [5, 5.41) is 3.33. The quantitative estimate of drug-likeness (QED) is 0.772. The average molecular weight is 405 g/mol. The molecule has 2 amide bonds. The SMILES string of the molecule is COc1cccc(NC(=O)C(C)(C)N2COC(C)=C(SC3CCCC3)C2=O)c1. The van der Waals surface area contributed by atoms with Crippen molar-refractivity contribution in [2.24, 2.45) is 0 Å². The molecule has 6 nitrogen and oxygen atoms in total. The van der Waals surface area contributed by atoms with Crippen molar-refractivity contribution >= 4 is 29.3 Å². The zero-order valence-electron chi connectivity index (χ0n) is 16.9. The van der Waals surface area contributed by atoms with Crippen molar-refractivity contribution in [3.8, 4) is 5.75 Å². The number of benzene rings is 1. The van der Waals surface area contributed by atoms with E-state index >= 15 is 0 Å². The molecule has 0 atom stereocenters. The Kier molecular flexibility index (Phi) is 6.23. The van der Waals surface area contributed by atoms with Crippen molar-refractivity contribution in [3.05, 3.63) is 34.9 Å². The molecular formula is C21H28N2O4S. The van der Waals surface area contributed by atoms with Crippen LogP contribution in [0.2, 0.25) is 0 Å². The Balaban J connectivity index is 1.74. The molecule has 7 heteroatoms. The number of allylic oxidation sites excluding steroid dienone is 1. The summed E-state index contributed by atoms with van der Waals surface area (Å²) in [4.78, 5) is 28.3. The molecule has 1 heterocycles. The van der Waals surface area contributed by atoms with Crippen molar-refractivity contribution in [2.75, 3.05) is 19.2 Å². The second kappa shape index (κ2) is 8.47. The van der Waals surface area contributed by atoms with Crippen LogP contribution in [-0.4, -0.2) is 41.3 Å². The number of rotatable bonds is 6. The summed E-state index contributed by atoms with van der Waals surface area (Å²) in [6, 6.07) is 7.15. The molecule has 0 aromatic heterocycles. The summed E-state index contributed by atoms with van der Waals surface area (Å²) in [7, 11) is 1.58. The Bertz CT molecular complexity index is 784. The highest BCUT2D eigenvalue weighted by Gasteiger charge is 2.42. The second-order valence-electron chi connectivity index (χ2n) is 7.66. The first kappa shape index (κ1) is 20.6. The minimum absolute atomic E-state index is 0.0674. The highest BCUT2D eigenvalue weighted by Crippen LogP contribution is 2.39. The van der Waals surface area contributed by atoms with Gasteiger partial charge in [-0.1, -0.05) is 18.9 Å². The second-order valence-corrected chi connectivity index (χ2v) is 8.97. The number of ether oxygens (including phenoxy) is 2. The molecule has 1 aliphatic carbocycles. The van der Waals surface area contributed by atoms with Gasteiger partial charge in [-0.2, -0.15) is 0 Å². The molecule has 0 bridgehead atoms. The minimum atomic E-state index is -1.07. The largest absolute Gasteiger partial charge is 0.497 e. The monoisotopic (exact) mass is 404 g/mol. The third-order valence-electron chi connectivity index (χ3n) is 5.31. The van der Waals surface area contributed by atoms with Crippen molar-refractivity contribution in [1.29, 1.82) is 0 Å². The van der Waals surface area contributed by atoms with Gasteiger partial charge in [-0.25, -0.2) is 0 Å². The molecule has 28 heavy (non-hydrogen) atoms. The van der Waals surface area contributed by atoms with Gasteiger partial charge in [0.2, 0.25) is 5.91 Å². The topological polar surface area (TPSA) is 67.9 Å². The van der Waals surface area contributed by atoms with Crippen LogP contribution in [0.3, 0.4) is 0 Å². The zero-order valence-corrected chi connectivity index (χ0v) is 17.7. The van der Waals surface area contributed by atoms with Gasteiger partial charge in [0.1, 0.15) is 22.0 Å². The van der Waals surface area contributed by atoms with Gasteiger partial charge in [0, 0.05) is 17.0 Å². The van der Waals surface area contributed by atoms with Crippen LogP contribution in [0.4, 0.5) is 5.69 Å². The molecule has 1 saturated carbocycles. The Morgan fingerprint density at radius 1 is 1.32 bits per heavy atom. The van der Waals surface area contributed by atoms with Crippen LogP contribution in [0.25, 0.3) is 0 Å². The van der Waals surface area contributed by atoms with Crippen molar-refractivity contribution in [2.45, 2.75) is 57.2 Å². The smallest absolute Gasteiger partial charge is 0.267 e. The molecular weight excluding hydrogens is 376 g/mol. The first-order valence-corrected chi connectivity index (χ1v) is 10.5. The van der Waals surface area contributed by atoms with E-state index in [2.05, 4.69) is 5.32 Å². The highest BCUT2D eigenvalue weighted by atomic mass is 32.2. The predicted octanol–water partition coefficient (Wildman–Crippen LogP) is 4.14. The van der Waals surface area contributed by atoms with E-state index in [0.29, 0.717) is 27.4 Å². The summed E-state index contributed by atoms with van der Waals surface area (Å²) < 4.78 is 11.0. The van der Waals surface area contributed by atoms with Crippen LogP contribution >= 0.6 is 11.8 Å². The molecule has 0 spiro atoms. The Morgan fingerprint density at radius 3 is 2.71 bits per heavy atom. The molecule has 0 saturated heterocycles. The first-order chi connectivity index (χ1) is 13.3. The molecule has 0 radical (unpaired) electrons. The summed E-state index contributed by atoms with van der Waals surface area (Å²) in [6.45, 7) is 5.37. The van der Waals surface area contributed by atoms with E-state index in [1.807, 2.05) is 13.0 Å². The van der Waals surface area contributed by atoms with E-state index in [-0.39, 0.29) is 18.5 Å². The fraction of sp³-hybridized carbons (Fsp3) is 0.524. The Morgan fingerprint density at radius 2 is 2.04 bits per heavy atom. The number of methoxy groups -OCH3 is 1. The van der Waals surface area contributed by atoms with E-state index in [1.165, 1.54) is 17.7 Å². The number of carbonyl (C=O) groups excluding carboxylic acids is 2. The molecule has 1 aliphatic heterocycles. The summed E-state index contributed by atoms with van der Waals surface area (Å²) in [5.41, 5.74) is -0.447. The van der Waals surface area contributed by atoms with Crippen molar-refractivity contribution in [3.63, 3.8) is 0 Å². The number of anilines is 1. The molecule has 3 rings (SSSR count). The number of carbonyl (C=O) groups is 2. The van der Waals surface area contributed by atoms with E-state index in [1.54, 1.807) is 50.9 Å². The molecule has 1 N–H and O–H groups in total. The van der Waals surface area contributed by atoms with Crippen LogP contribution in [0, 0.1) is 0 Å². The fourth-order valence-corrected chi connectivity index (χ4v) is 4.73. The van der Waals surface area contributed by atoms with Gasteiger partial charge in [0.05, 0.1) is 7.11 Å². The number of hydrogen-bond acceptors (Lipinski definition) is 5. The zero-order chi connectivity index (χ0) is 20.3. The minimum Gasteiger partial charge on any atom is -0.497 e. The highest BCUT2D eigenvalue weighted by molar-refractivity contribution is 8.04. The lowest BCUT2D eigenvalue weighted by Gasteiger charge is -2.40. The molecule has 152 valence electrons. The van der Waals surface area contributed by atoms with Gasteiger partial charge >= 0.3 is 0 Å². The van der Waals surface area contributed by atoms with Crippen LogP contribution < -0.4 is 10.1 Å². The third-order valence-corrected chi connectivity index (χ3v) is 6.82. The maximum atomic E-state index is 13.2. The lowest BCUT2D eigenvalue weighted by atomic mass is 10.0. The standard InChI is InChI=1S/C21H28N2O4S/c1-14-18(28-17-10-5-6-11-17)19(24)23(13-27-14)21(2,3)20(25)22-15-8-7-9-16(12-15)26-4/h7-9,12,17H,5-6,10-11,13H2,1-4H3,(H,22,25). The maximum absolute atomic E-state index is 13.2. The van der Waals surface area contributed by atoms with Gasteiger partial charge in [-0.3, -0.25) is 14.5 Å². The lowest BCUT2D eigenvalue weighted by Crippen LogP contribution is -2.57. The average Bonchev–Trinajstić information content (AvgIpc) is 3.18. The number of amides is 2. The molecule has 1 aromatic carbocycles. The van der Waals surface area contributed by atoms with E-state index < -0.39 is 5.54 Å². The lowest BCUT2D eigenvalue weighted by molar-refractivity contribution is -0.148. The summed E-state index contributed by atoms with van der Waals surface area (Å²) in [6.07, 6.45) is 4.65. The Labute approximate surface area is 170 Å². The van der Waals surface area contributed by atoms with Crippen LogP contribution in [0.1, 0.15) is 46.5 Å². The van der Waals surface area contributed by atoms with Crippen molar-refractivity contribution in [1.82, 2.24) is 4.90 Å². The van der Waals surface area contributed by atoms with Gasteiger partial charge in [0.15, 0.2) is 6.73 Å². The predicted molar refractivity (Wildman–Crippen MR) is 111 cm³/mol. The summed E-state index contributed by atoms with van der Waals surface area (Å²) >= 11 is 1.60. The third kappa shape index (κ3) is 4.29. The number of hydrogen-bond donors (Lipinski definition) is 1. The molecule has 1 aromatic rings. The van der Waals surface area contributed by atoms with E-state index in [9.17, 15) is 9.59 Å².